The van der Waals surface area contributed by atoms with Crippen LogP contribution in [0.5, 0.6) is 0 Å². The molecule has 1 aliphatic heterocycles. The maximum absolute atomic E-state index is 13.6. The summed E-state index contributed by atoms with van der Waals surface area (Å²) in [5.74, 6) is 0.974. The Bertz CT molecular complexity index is 1070. The summed E-state index contributed by atoms with van der Waals surface area (Å²) in [6.45, 7) is 11.7. The lowest BCUT2D eigenvalue weighted by molar-refractivity contribution is 0.0183. The van der Waals surface area contributed by atoms with Crippen molar-refractivity contribution in [1.82, 2.24) is 19.8 Å². The fourth-order valence-electron chi connectivity index (χ4n) is 5.79. The lowest BCUT2D eigenvalue weighted by Crippen LogP contribution is -2.43. The summed E-state index contributed by atoms with van der Waals surface area (Å²) < 4.78 is 7.56. The number of amides is 2. The van der Waals surface area contributed by atoms with E-state index in [2.05, 4.69) is 28.9 Å². The maximum atomic E-state index is 13.6. The quantitative estimate of drug-likeness (QED) is 0.556. The first-order valence-corrected chi connectivity index (χ1v) is 13.9. The summed E-state index contributed by atoms with van der Waals surface area (Å²) in [4.78, 5) is 27.7. The Morgan fingerprint density at radius 2 is 1.75 bits per heavy atom. The second-order valence-electron chi connectivity index (χ2n) is 11.7. The van der Waals surface area contributed by atoms with Gasteiger partial charge in [-0.1, -0.05) is 39.0 Å². The molecule has 36 heavy (non-hydrogen) atoms. The Labute approximate surface area is 216 Å². The van der Waals surface area contributed by atoms with Gasteiger partial charge >= 0.3 is 6.09 Å². The Balaban J connectivity index is 1.45. The molecule has 0 atom stereocenters. The number of aromatic nitrogens is 2. The van der Waals surface area contributed by atoms with E-state index in [4.69, 9.17) is 9.84 Å². The van der Waals surface area contributed by atoms with Crippen LogP contribution in [0.3, 0.4) is 0 Å². The Hall–Kier alpha value is -2.57. The number of carbonyl (C=O) groups is 2. The minimum atomic E-state index is -0.484. The SMILES string of the molecule is CCc1ccc2c(CC3CCCCC3)c(C(=O)NCC3CCN(C(=O)OC(C)(C)C)CC3)c(C)nn12. The van der Waals surface area contributed by atoms with Crippen molar-refractivity contribution in [3.05, 3.63) is 34.6 Å². The monoisotopic (exact) mass is 496 g/mol. The van der Waals surface area contributed by atoms with Crippen LogP contribution in [0.4, 0.5) is 4.79 Å². The van der Waals surface area contributed by atoms with Gasteiger partial charge in [-0.15, -0.1) is 0 Å². The van der Waals surface area contributed by atoms with Crippen LogP contribution in [0.25, 0.3) is 5.52 Å². The molecule has 0 unspecified atom stereocenters. The van der Waals surface area contributed by atoms with E-state index in [-0.39, 0.29) is 12.0 Å². The molecule has 0 radical (unpaired) electrons. The summed E-state index contributed by atoms with van der Waals surface area (Å²) >= 11 is 0. The van der Waals surface area contributed by atoms with Crippen molar-refractivity contribution in [3.8, 4) is 0 Å². The van der Waals surface area contributed by atoms with Gasteiger partial charge in [0.2, 0.25) is 0 Å². The number of likely N-dealkylation sites (tertiary alicyclic amines) is 1. The minimum absolute atomic E-state index is 0.0119. The molecule has 1 saturated carbocycles. The molecule has 4 rings (SSSR count). The van der Waals surface area contributed by atoms with Crippen LogP contribution in [0.15, 0.2) is 12.1 Å². The van der Waals surface area contributed by atoms with Crippen molar-refractivity contribution in [2.75, 3.05) is 19.6 Å². The summed E-state index contributed by atoms with van der Waals surface area (Å²) in [6, 6.07) is 4.29. The van der Waals surface area contributed by atoms with Gasteiger partial charge in [-0.05, 0) is 82.9 Å². The van der Waals surface area contributed by atoms with Crippen LogP contribution in [-0.2, 0) is 17.6 Å². The zero-order valence-electron chi connectivity index (χ0n) is 22.9. The molecule has 2 aromatic heterocycles. The van der Waals surface area contributed by atoms with Crippen molar-refractivity contribution in [2.45, 2.75) is 98.0 Å². The number of carbonyl (C=O) groups excluding carboxylic acids is 2. The molecule has 1 saturated heterocycles. The highest BCUT2D eigenvalue weighted by molar-refractivity contribution is 5.98. The molecule has 198 valence electrons. The number of hydrogen-bond acceptors (Lipinski definition) is 4. The number of ether oxygens (including phenoxy) is 1. The molecule has 0 aromatic carbocycles. The molecule has 7 nitrogen and oxygen atoms in total. The van der Waals surface area contributed by atoms with Gasteiger partial charge in [0.1, 0.15) is 5.60 Å². The van der Waals surface area contributed by atoms with E-state index in [0.29, 0.717) is 31.5 Å². The normalized spacial score (nSPS) is 18.0. The van der Waals surface area contributed by atoms with E-state index in [1.807, 2.05) is 27.7 Å². The van der Waals surface area contributed by atoms with Gasteiger partial charge in [-0.25, -0.2) is 9.31 Å². The highest BCUT2D eigenvalue weighted by Crippen LogP contribution is 2.31. The third-order valence-electron chi connectivity index (χ3n) is 7.78. The minimum Gasteiger partial charge on any atom is -0.444 e. The fraction of sp³-hybridized carbons (Fsp3) is 0.690. The number of aryl methyl sites for hydroxylation is 2. The van der Waals surface area contributed by atoms with E-state index in [9.17, 15) is 9.59 Å². The summed E-state index contributed by atoms with van der Waals surface area (Å²) in [5, 5.41) is 8.06. The second-order valence-corrected chi connectivity index (χ2v) is 11.7. The molecular formula is C29H44N4O3. The molecule has 2 aromatic rings. The van der Waals surface area contributed by atoms with Crippen molar-refractivity contribution in [2.24, 2.45) is 11.8 Å². The molecule has 1 N–H and O–H groups in total. The molecule has 2 fully saturated rings. The van der Waals surface area contributed by atoms with E-state index in [0.717, 1.165) is 48.0 Å². The third kappa shape index (κ3) is 6.22. The highest BCUT2D eigenvalue weighted by atomic mass is 16.6. The van der Waals surface area contributed by atoms with Crippen molar-refractivity contribution >= 4 is 17.5 Å². The summed E-state index contributed by atoms with van der Waals surface area (Å²) in [7, 11) is 0. The number of piperidine rings is 1. The smallest absolute Gasteiger partial charge is 0.410 e. The number of rotatable bonds is 6. The fourth-order valence-corrected chi connectivity index (χ4v) is 5.79. The molecule has 2 amide bonds. The first-order chi connectivity index (χ1) is 17.2. The van der Waals surface area contributed by atoms with Crippen LogP contribution >= 0.6 is 0 Å². The van der Waals surface area contributed by atoms with Crippen molar-refractivity contribution < 1.29 is 14.3 Å². The van der Waals surface area contributed by atoms with E-state index in [1.54, 1.807) is 4.90 Å². The van der Waals surface area contributed by atoms with Gasteiger partial charge in [0.15, 0.2) is 0 Å². The van der Waals surface area contributed by atoms with Gasteiger partial charge in [-0.3, -0.25) is 4.79 Å². The topological polar surface area (TPSA) is 75.9 Å². The van der Waals surface area contributed by atoms with Crippen LogP contribution in [-0.4, -0.2) is 51.7 Å². The molecule has 3 heterocycles. The average Bonchev–Trinajstić information content (AvgIpc) is 3.25. The third-order valence-corrected chi connectivity index (χ3v) is 7.78. The van der Waals surface area contributed by atoms with Crippen LogP contribution in [0.1, 0.15) is 99.9 Å². The lowest BCUT2D eigenvalue weighted by Gasteiger charge is -2.33. The zero-order valence-corrected chi connectivity index (χ0v) is 22.9. The second kappa shape index (κ2) is 11.2. The first-order valence-electron chi connectivity index (χ1n) is 13.9. The van der Waals surface area contributed by atoms with Gasteiger partial charge < -0.3 is 15.0 Å². The maximum Gasteiger partial charge on any atom is 0.410 e. The number of nitrogens with one attached hydrogen (secondary N) is 1. The molecule has 1 aliphatic carbocycles. The Morgan fingerprint density at radius 3 is 2.39 bits per heavy atom. The van der Waals surface area contributed by atoms with Gasteiger partial charge in [0.25, 0.3) is 5.91 Å². The van der Waals surface area contributed by atoms with Crippen LogP contribution < -0.4 is 5.32 Å². The molecule has 0 spiro atoms. The van der Waals surface area contributed by atoms with E-state index < -0.39 is 5.60 Å². The Kier molecular flexibility index (Phi) is 8.26. The van der Waals surface area contributed by atoms with E-state index >= 15 is 0 Å². The zero-order chi connectivity index (χ0) is 25.9. The lowest BCUT2D eigenvalue weighted by atomic mass is 9.83. The first kappa shape index (κ1) is 26.5. The molecular weight excluding hydrogens is 452 g/mol. The summed E-state index contributed by atoms with van der Waals surface area (Å²) in [6.07, 6.45) is 9.72. The van der Waals surface area contributed by atoms with E-state index in [1.165, 1.54) is 37.8 Å². The van der Waals surface area contributed by atoms with Crippen LogP contribution in [0.2, 0.25) is 0 Å². The predicted molar refractivity (Wildman–Crippen MR) is 142 cm³/mol. The standard InChI is InChI=1S/C29H44N4O3/c1-6-23-12-13-25-24(18-21-10-8-7-9-11-21)26(20(2)31-33(23)25)27(34)30-19-22-14-16-32(17-15-22)28(35)36-29(3,4)5/h12-13,21-22H,6-11,14-19H2,1-5H3,(H,30,34). The molecule has 7 heteroatoms. The van der Waals surface area contributed by atoms with Gasteiger partial charge in [0, 0.05) is 25.3 Å². The predicted octanol–water partition coefficient (Wildman–Crippen LogP) is 5.70. The van der Waals surface area contributed by atoms with Crippen molar-refractivity contribution in [1.29, 1.82) is 0 Å². The van der Waals surface area contributed by atoms with Crippen molar-refractivity contribution in [3.63, 3.8) is 0 Å². The van der Waals surface area contributed by atoms with Gasteiger partial charge in [0.05, 0.1) is 16.8 Å². The average molecular weight is 497 g/mol. The summed E-state index contributed by atoms with van der Waals surface area (Å²) in [5.41, 5.74) is 4.51. The largest absolute Gasteiger partial charge is 0.444 e. The van der Waals surface area contributed by atoms with Crippen LogP contribution in [0, 0.1) is 18.8 Å². The number of hydrogen-bond donors (Lipinski definition) is 1. The molecule has 2 aliphatic rings. The van der Waals surface area contributed by atoms with Gasteiger partial charge in [-0.2, -0.15) is 5.10 Å². The number of fused-ring (bicyclic) bond motifs is 1. The highest BCUT2D eigenvalue weighted by Gasteiger charge is 2.28. The molecule has 0 bridgehead atoms. The number of nitrogens with zero attached hydrogens (tertiary/aromatic N) is 3. The Morgan fingerprint density at radius 1 is 1.06 bits per heavy atom.